The number of benzene rings is 3. The van der Waals surface area contributed by atoms with Crippen LogP contribution in [-0.4, -0.2) is 49.2 Å². The molecule has 0 N–H and O–H groups in total. The SMILES string of the molecule is C=C(CCl)[C@@H]1[C@@H]([C@@H](C)OC(=O)OCc2ccccc2)C(=O)N1C(c1ccc(OC)cc1)c1ccc(OC)cc1. The van der Waals surface area contributed by atoms with E-state index in [9.17, 15) is 9.59 Å². The van der Waals surface area contributed by atoms with Crippen molar-refractivity contribution in [2.75, 3.05) is 20.1 Å². The summed E-state index contributed by atoms with van der Waals surface area (Å²) in [6.07, 6.45) is -1.59. The lowest BCUT2D eigenvalue weighted by atomic mass is 9.76. The summed E-state index contributed by atoms with van der Waals surface area (Å²) in [5.41, 5.74) is 3.26. The molecule has 3 aromatic carbocycles. The van der Waals surface area contributed by atoms with Gasteiger partial charge in [0.2, 0.25) is 5.91 Å². The summed E-state index contributed by atoms with van der Waals surface area (Å²) in [6, 6.07) is 23.5. The minimum absolute atomic E-state index is 0.0754. The summed E-state index contributed by atoms with van der Waals surface area (Å²) in [4.78, 5) is 28.0. The molecule has 0 unspecified atom stereocenters. The number of hydrogen-bond donors (Lipinski definition) is 0. The van der Waals surface area contributed by atoms with Crippen molar-refractivity contribution in [2.24, 2.45) is 5.92 Å². The van der Waals surface area contributed by atoms with Gasteiger partial charge in [-0.25, -0.2) is 4.79 Å². The molecule has 1 fully saturated rings. The molecule has 1 saturated heterocycles. The topological polar surface area (TPSA) is 74.3 Å². The van der Waals surface area contributed by atoms with Crippen LogP contribution in [0.3, 0.4) is 0 Å². The molecule has 3 aromatic rings. The number of methoxy groups -OCH3 is 2. The van der Waals surface area contributed by atoms with Gasteiger partial charge in [-0.15, -0.1) is 11.6 Å². The number of alkyl halides is 1. The van der Waals surface area contributed by atoms with E-state index in [-0.39, 0.29) is 18.4 Å². The quantitative estimate of drug-likeness (QED) is 0.123. The molecule has 0 spiro atoms. The van der Waals surface area contributed by atoms with Crippen molar-refractivity contribution in [3.8, 4) is 11.5 Å². The fourth-order valence-electron chi connectivity index (χ4n) is 4.87. The van der Waals surface area contributed by atoms with Crippen LogP contribution in [0.15, 0.2) is 91.0 Å². The molecule has 39 heavy (non-hydrogen) atoms. The largest absolute Gasteiger partial charge is 0.508 e. The lowest BCUT2D eigenvalue weighted by molar-refractivity contribution is -0.165. The van der Waals surface area contributed by atoms with E-state index in [1.165, 1.54) is 0 Å². The van der Waals surface area contributed by atoms with Gasteiger partial charge in [-0.1, -0.05) is 61.2 Å². The fraction of sp³-hybridized carbons (Fsp3) is 0.290. The van der Waals surface area contributed by atoms with Gasteiger partial charge in [-0.3, -0.25) is 4.79 Å². The van der Waals surface area contributed by atoms with E-state index >= 15 is 0 Å². The van der Waals surface area contributed by atoms with Crippen LogP contribution >= 0.6 is 11.6 Å². The molecule has 0 saturated carbocycles. The van der Waals surface area contributed by atoms with Crippen LogP contribution in [0.5, 0.6) is 11.5 Å². The van der Waals surface area contributed by atoms with Crippen molar-refractivity contribution < 1.29 is 28.5 Å². The van der Waals surface area contributed by atoms with Crippen LogP contribution < -0.4 is 9.47 Å². The summed E-state index contributed by atoms with van der Waals surface area (Å²) in [5.74, 6) is 0.732. The lowest BCUT2D eigenvalue weighted by Gasteiger charge is -2.53. The molecule has 204 valence electrons. The lowest BCUT2D eigenvalue weighted by Crippen LogP contribution is -2.66. The van der Waals surface area contributed by atoms with Gasteiger partial charge in [0.25, 0.3) is 0 Å². The number of carbonyl (C=O) groups excluding carboxylic acids is 2. The number of halogens is 1. The van der Waals surface area contributed by atoms with Gasteiger partial charge in [-0.2, -0.15) is 0 Å². The maximum atomic E-state index is 13.8. The van der Waals surface area contributed by atoms with E-state index in [0.717, 1.165) is 16.7 Å². The average molecular weight is 550 g/mol. The van der Waals surface area contributed by atoms with Crippen molar-refractivity contribution in [3.63, 3.8) is 0 Å². The predicted octanol–water partition coefficient (Wildman–Crippen LogP) is 6.16. The van der Waals surface area contributed by atoms with E-state index in [1.54, 1.807) is 26.0 Å². The second-order valence-corrected chi connectivity index (χ2v) is 9.57. The Labute approximate surface area is 233 Å². The van der Waals surface area contributed by atoms with E-state index in [1.807, 2.05) is 78.9 Å². The molecule has 0 aromatic heterocycles. The highest BCUT2D eigenvalue weighted by Gasteiger charge is 2.55. The van der Waals surface area contributed by atoms with Crippen LogP contribution in [0.4, 0.5) is 4.79 Å². The Bertz CT molecular complexity index is 1230. The molecule has 0 aliphatic carbocycles. The summed E-state index contributed by atoms with van der Waals surface area (Å²) in [6.45, 7) is 5.92. The Balaban J connectivity index is 1.59. The van der Waals surface area contributed by atoms with Crippen molar-refractivity contribution in [2.45, 2.75) is 31.7 Å². The second-order valence-electron chi connectivity index (χ2n) is 9.30. The normalized spacial score (nSPS) is 17.3. The predicted molar refractivity (Wildman–Crippen MR) is 149 cm³/mol. The zero-order valence-electron chi connectivity index (χ0n) is 22.2. The summed E-state index contributed by atoms with van der Waals surface area (Å²) < 4.78 is 21.5. The number of nitrogens with zero attached hydrogens (tertiary/aromatic N) is 1. The van der Waals surface area contributed by atoms with Crippen molar-refractivity contribution in [3.05, 3.63) is 108 Å². The Kier molecular flexibility index (Phi) is 9.15. The number of rotatable bonds is 11. The Morgan fingerprint density at radius 1 is 0.923 bits per heavy atom. The summed E-state index contributed by atoms with van der Waals surface area (Å²) >= 11 is 6.24. The molecular weight excluding hydrogens is 518 g/mol. The zero-order valence-corrected chi connectivity index (χ0v) is 23.0. The molecule has 1 amide bonds. The highest BCUT2D eigenvalue weighted by Crippen LogP contribution is 2.44. The minimum Gasteiger partial charge on any atom is -0.497 e. The Hall–Kier alpha value is -3.97. The van der Waals surface area contributed by atoms with Crippen LogP contribution in [0.1, 0.15) is 29.7 Å². The fourth-order valence-corrected chi connectivity index (χ4v) is 5.03. The summed E-state index contributed by atoms with van der Waals surface area (Å²) in [7, 11) is 3.21. The maximum absolute atomic E-state index is 13.8. The van der Waals surface area contributed by atoms with Gasteiger partial charge in [-0.05, 0) is 53.5 Å². The minimum atomic E-state index is -0.838. The third kappa shape index (κ3) is 6.20. The molecule has 1 aliphatic heterocycles. The number of likely N-dealkylation sites (tertiary alicyclic amines) is 1. The van der Waals surface area contributed by atoms with Gasteiger partial charge in [0.05, 0.1) is 32.2 Å². The molecule has 1 heterocycles. The monoisotopic (exact) mass is 549 g/mol. The third-order valence-electron chi connectivity index (χ3n) is 6.90. The maximum Gasteiger partial charge on any atom is 0.508 e. The van der Waals surface area contributed by atoms with Gasteiger partial charge < -0.3 is 23.8 Å². The zero-order chi connectivity index (χ0) is 27.9. The standard InChI is InChI=1S/C31H32ClNO6/c1-20(18-32)28-27(21(2)39-31(35)38-19-22-8-6-5-7-9-22)30(34)33(28)29(23-10-14-25(36-3)15-11-23)24-12-16-26(37-4)17-13-24/h5-17,21,27-29H,1,18-19H2,2-4H3/t21-,27-,28-/m1/s1. The number of ether oxygens (including phenoxy) is 4. The first kappa shape index (κ1) is 28.0. The molecule has 7 nitrogen and oxygen atoms in total. The molecule has 4 rings (SSSR count). The van der Waals surface area contributed by atoms with Crippen molar-refractivity contribution in [1.82, 2.24) is 4.90 Å². The number of amides is 1. The van der Waals surface area contributed by atoms with Crippen LogP contribution in [0.25, 0.3) is 0 Å². The van der Waals surface area contributed by atoms with Crippen molar-refractivity contribution in [1.29, 1.82) is 0 Å². The van der Waals surface area contributed by atoms with Gasteiger partial charge in [0, 0.05) is 5.88 Å². The van der Waals surface area contributed by atoms with Gasteiger partial charge in [0.1, 0.15) is 24.2 Å². The first-order chi connectivity index (χ1) is 18.9. The molecule has 8 heteroatoms. The van der Waals surface area contributed by atoms with Crippen LogP contribution in [-0.2, 0) is 20.9 Å². The van der Waals surface area contributed by atoms with Gasteiger partial charge in [0.15, 0.2) is 0 Å². The molecule has 1 aliphatic rings. The van der Waals surface area contributed by atoms with E-state index < -0.39 is 30.3 Å². The number of carbonyl (C=O) groups is 2. The van der Waals surface area contributed by atoms with Gasteiger partial charge >= 0.3 is 6.16 Å². The highest BCUT2D eigenvalue weighted by molar-refractivity contribution is 6.19. The smallest absolute Gasteiger partial charge is 0.497 e. The summed E-state index contributed by atoms with van der Waals surface area (Å²) in [5, 5.41) is 0. The highest BCUT2D eigenvalue weighted by atomic mass is 35.5. The molecule has 0 radical (unpaired) electrons. The molecule has 0 bridgehead atoms. The van der Waals surface area contributed by atoms with Crippen LogP contribution in [0.2, 0.25) is 0 Å². The average Bonchev–Trinajstić information content (AvgIpc) is 2.97. The third-order valence-corrected chi connectivity index (χ3v) is 7.24. The van der Waals surface area contributed by atoms with Crippen molar-refractivity contribution >= 4 is 23.7 Å². The molecule has 3 atom stereocenters. The van der Waals surface area contributed by atoms with E-state index in [4.69, 9.17) is 30.5 Å². The van der Waals surface area contributed by atoms with E-state index in [0.29, 0.717) is 17.1 Å². The second kappa shape index (κ2) is 12.7. The number of hydrogen-bond acceptors (Lipinski definition) is 6. The Morgan fingerprint density at radius 2 is 1.46 bits per heavy atom. The first-order valence-electron chi connectivity index (χ1n) is 12.6. The molecular formula is C31H32ClNO6. The van der Waals surface area contributed by atoms with E-state index in [2.05, 4.69) is 6.58 Å². The van der Waals surface area contributed by atoms with Crippen LogP contribution in [0, 0.1) is 5.92 Å². The Morgan fingerprint density at radius 3 is 1.95 bits per heavy atom. The first-order valence-corrected chi connectivity index (χ1v) is 13.1. The number of β-lactam (4-membered cyclic amide) rings is 1.